The van der Waals surface area contributed by atoms with Crippen molar-refractivity contribution in [3.63, 3.8) is 0 Å². The number of nitrogens with one attached hydrogen (secondary N) is 1. The Morgan fingerprint density at radius 3 is 2.73 bits per heavy atom. The second-order valence-corrected chi connectivity index (χ2v) is 4.78. The van der Waals surface area contributed by atoms with Crippen molar-refractivity contribution < 1.29 is 9.53 Å². The van der Waals surface area contributed by atoms with E-state index in [1.54, 1.807) is 0 Å². The number of esters is 1. The average molecular weight is 213 g/mol. The third-order valence-electron chi connectivity index (χ3n) is 3.39. The highest BCUT2D eigenvalue weighted by atomic mass is 16.5. The molecule has 1 aliphatic rings. The van der Waals surface area contributed by atoms with E-state index in [2.05, 4.69) is 23.9 Å². The Balaban J connectivity index is 2.18. The van der Waals surface area contributed by atoms with E-state index in [1.165, 1.54) is 26.4 Å². The number of carbonyl (C=O) groups is 1. The fraction of sp³-hybridized carbons (Fsp3) is 0.917. The third-order valence-corrected chi connectivity index (χ3v) is 3.39. The summed E-state index contributed by atoms with van der Waals surface area (Å²) < 4.78 is 4.60. The van der Waals surface area contributed by atoms with Crippen LogP contribution in [0.4, 0.5) is 0 Å². The zero-order valence-corrected chi connectivity index (χ0v) is 10.1. The van der Waals surface area contributed by atoms with Crippen LogP contribution in [-0.4, -0.2) is 25.7 Å². The molecule has 1 N–H and O–H groups in total. The summed E-state index contributed by atoms with van der Waals surface area (Å²) in [6.07, 6.45) is 4.33. The summed E-state index contributed by atoms with van der Waals surface area (Å²) >= 11 is 0. The van der Waals surface area contributed by atoms with E-state index >= 15 is 0 Å². The molecule has 3 nitrogen and oxygen atoms in total. The first kappa shape index (κ1) is 12.5. The van der Waals surface area contributed by atoms with Gasteiger partial charge in [0.2, 0.25) is 0 Å². The topological polar surface area (TPSA) is 38.3 Å². The van der Waals surface area contributed by atoms with Crippen LogP contribution in [0.3, 0.4) is 0 Å². The molecule has 0 aliphatic heterocycles. The lowest BCUT2D eigenvalue weighted by atomic mass is 9.80. The fourth-order valence-electron chi connectivity index (χ4n) is 2.43. The van der Waals surface area contributed by atoms with Crippen LogP contribution in [0, 0.1) is 11.8 Å². The number of ether oxygens (including phenoxy) is 1. The zero-order chi connectivity index (χ0) is 11.3. The molecule has 0 amide bonds. The summed E-state index contributed by atoms with van der Waals surface area (Å²) in [5.41, 5.74) is 0. The molecule has 0 aromatic rings. The lowest BCUT2D eigenvalue weighted by Crippen LogP contribution is -2.40. The molecule has 0 bridgehead atoms. The minimum absolute atomic E-state index is 0.126. The minimum Gasteiger partial charge on any atom is -0.469 e. The largest absolute Gasteiger partial charge is 0.469 e. The van der Waals surface area contributed by atoms with E-state index in [4.69, 9.17) is 0 Å². The number of methoxy groups -OCH3 is 1. The van der Waals surface area contributed by atoms with Crippen molar-refractivity contribution in [1.29, 1.82) is 0 Å². The van der Waals surface area contributed by atoms with Crippen LogP contribution in [0.5, 0.6) is 0 Å². The molecule has 3 unspecified atom stereocenters. The van der Waals surface area contributed by atoms with Gasteiger partial charge in [0.1, 0.15) is 0 Å². The maximum absolute atomic E-state index is 10.9. The van der Waals surface area contributed by atoms with Gasteiger partial charge in [0, 0.05) is 12.6 Å². The van der Waals surface area contributed by atoms with E-state index < -0.39 is 0 Å². The molecule has 0 aromatic carbocycles. The van der Waals surface area contributed by atoms with Crippen LogP contribution in [0.1, 0.15) is 39.5 Å². The van der Waals surface area contributed by atoms with Gasteiger partial charge in [-0.05, 0) is 31.1 Å². The lowest BCUT2D eigenvalue weighted by Gasteiger charge is -2.33. The van der Waals surface area contributed by atoms with Crippen molar-refractivity contribution in [2.75, 3.05) is 13.7 Å². The molecule has 0 spiro atoms. The summed E-state index contributed by atoms with van der Waals surface area (Å²) in [6.45, 7) is 5.36. The molecule has 3 atom stereocenters. The van der Waals surface area contributed by atoms with E-state index in [1.807, 2.05) is 0 Å². The normalized spacial score (nSPS) is 31.3. The number of carbonyl (C=O) groups excluding carboxylic acids is 1. The molecule has 1 saturated carbocycles. The van der Waals surface area contributed by atoms with Crippen molar-refractivity contribution in [3.05, 3.63) is 0 Å². The summed E-state index contributed by atoms with van der Waals surface area (Å²) in [6, 6.07) is 0.589. The molecule has 15 heavy (non-hydrogen) atoms. The van der Waals surface area contributed by atoms with Crippen LogP contribution in [0.15, 0.2) is 0 Å². The molecule has 1 rings (SSSR count). The van der Waals surface area contributed by atoms with Gasteiger partial charge in [0.25, 0.3) is 0 Å². The van der Waals surface area contributed by atoms with Gasteiger partial charge < -0.3 is 10.1 Å². The quantitative estimate of drug-likeness (QED) is 0.726. The number of hydrogen-bond donors (Lipinski definition) is 1. The second-order valence-electron chi connectivity index (χ2n) is 4.78. The molecule has 1 aliphatic carbocycles. The smallest absolute Gasteiger partial charge is 0.306 e. The molecule has 88 valence electrons. The van der Waals surface area contributed by atoms with Gasteiger partial charge in [-0.15, -0.1) is 0 Å². The molecular weight excluding hydrogens is 190 g/mol. The Hall–Kier alpha value is -0.570. The summed E-state index contributed by atoms with van der Waals surface area (Å²) in [7, 11) is 1.44. The second kappa shape index (κ2) is 6.11. The summed E-state index contributed by atoms with van der Waals surface area (Å²) in [5, 5.41) is 3.46. The molecule has 0 heterocycles. The first-order chi connectivity index (χ1) is 7.13. The summed E-state index contributed by atoms with van der Waals surface area (Å²) in [4.78, 5) is 10.9. The monoisotopic (exact) mass is 213 g/mol. The van der Waals surface area contributed by atoms with Gasteiger partial charge in [0.15, 0.2) is 0 Å². The first-order valence-corrected chi connectivity index (χ1v) is 5.93. The van der Waals surface area contributed by atoms with E-state index in [9.17, 15) is 4.79 Å². The van der Waals surface area contributed by atoms with Crippen LogP contribution >= 0.6 is 0 Å². The molecule has 0 aromatic heterocycles. The van der Waals surface area contributed by atoms with Crippen LogP contribution < -0.4 is 5.32 Å². The van der Waals surface area contributed by atoms with Gasteiger partial charge in [0.05, 0.1) is 13.5 Å². The van der Waals surface area contributed by atoms with Crippen molar-refractivity contribution in [2.45, 2.75) is 45.6 Å². The highest BCUT2D eigenvalue weighted by Crippen LogP contribution is 2.28. The Bertz CT molecular complexity index is 206. The highest BCUT2D eigenvalue weighted by Gasteiger charge is 2.24. The molecule has 3 heteroatoms. The fourth-order valence-corrected chi connectivity index (χ4v) is 2.43. The Morgan fingerprint density at radius 1 is 1.40 bits per heavy atom. The number of hydrogen-bond acceptors (Lipinski definition) is 3. The Morgan fingerprint density at radius 2 is 2.13 bits per heavy atom. The van der Waals surface area contributed by atoms with Gasteiger partial charge in [-0.3, -0.25) is 4.79 Å². The Kier molecular flexibility index (Phi) is 5.09. The zero-order valence-electron chi connectivity index (χ0n) is 10.1. The van der Waals surface area contributed by atoms with Gasteiger partial charge in [-0.25, -0.2) is 0 Å². The third kappa shape index (κ3) is 4.20. The van der Waals surface area contributed by atoms with E-state index in [0.717, 1.165) is 18.4 Å². The molecular formula is C12H23NO2. The van der Waals surface area contributed by atoms with Crippen molar-refractivity contribution >= 4 is 5.97 Å². The Labute approximate surface area is 92.6 Å². The van der Waals surface area contributed by atoms with Crippen molar-refractivity contribution in [1.82, 2.24) is 5.32 Å². The highest BCUT2D eigenvalue weighted by molar-refractivity contribution is 5.69. The predicted octanol–water partition coefficient (Wildman–Crippen LogP) is 1.96. The van der Waals surface area contributed by atoms with E-state index in [-0.39, 0.29) is 5.97 Å². The lowest BCUT2D eigenvalue weighted by molar-refractivity contribution is -0.140. The van der Waals surface area contributed by atoms with Gasteiger partial charge >= 0.3 is 5.97 Å². The van der Waals surface area contributed by atoms with Crippen LogP contribution in [0.25, 0.3) is 0 Å². The van der Waals surface area contributed by atoms with Crippen LogP contribution in [-0.2, 0) is 9.53 Å². The molecule has 1 fully saturated rings. The maximum Gasteiger partial charge on any atom is 0.306 e. The molecule has 0 radical (unpaired) electrons. The molecule has 0 saturated heterocycles. The van der Waals surface area contributed by atoms with Gasteiger partial charge in [-0.1, -0.05) is 13.8 Å². The predicted molar refractivity (Wildman–Crippen MR) is 60.6 cm³/mol. The van der Waals surface area contributed by atoms with E-state index in [0.29, 0.717) is 12.5 Å². The summed E-state index contributed by atoms with van der Waals surface area (Å²) in [5.74, 6) is 1.46. The number of rotatable bonds is 4. The maximum atomic E-state index is 10.9. The first-order valence-electron chi connectivity index (χ1n) is 5.93. The average Bonchev–Trinajstić information content (AvgIpc) is 2.21. The van der Waals surface area contributed by atoms with Crippen LogP contribution in [0.2, 0.25) is 0 Å². The van der Waals surface area contributed by atoms with Gasteiger partial charge in [-0.2, -0.15) is 0 Å². The van der Waals surface area contributed by atoms with Crippen molar-refractivity contribution in [2.24, 2.45) is 11.8 Å². The standard InChI is InChI=1S/C12H23NO2/c1-9-4-5-11(10(2)8-9)13-7-6-12(14)15-3/h9-11,13H,4-8H2,1-3H3. The minimum atomic E-state index is -0.126. The van der Waals surface area contributed by atoms with Crippen molar-refractivity contribution in [3.8, 4) is 0 Å². The SMILES string of the molecule is COC(=O)CCNC1CCC(C)CC1C.